The molecule has 192 valence electrons. The van der Waals surface area contributed by atoms with Crippen molar-refractivity contribution >= 4 is 27.7 Å². The zero-order chi connectivity index (χ0) is 25.3. The Morgan fingerprint density at radius 3 is 2.24 bits per heavy atom. The average Bonchev–Trinajstić information content (AvgIpc) is 3.26. The number of hydrogen-bond donors (Lipinski definition) is 1. The van der Waals surface area contributed by atoms with Gasteiger partial charge in [0.15, 0.2) is 0 Å². The van der Waals surface area contributed by atoms with Gasteiger partial charge in [-0.15, -0.1) is 0 Å². The molecule has 3 aromatic rings. The van der Waals surface area contributed by atoms with Crippen molar-refractivity contribution in [1.82, 2.24) is 10.3 Å². The van der Waals surface area contributed by atoms with Crippen LogP contribution in [-0.2, 0) is 18.9 Å². The number of nitrogens with one attached hydrogen (secondary N) is 1. The second-order valence-corrected chi connectivity index (χ2v) is 12.2. The lowest BCUT2D eigenvalue weighted by Gasteiger charge is -2.52. The fourth-order valence-electron chi connectivity index (χ4n) is 4.95. The molecule has 2 aromatic carbocycles. The maximum absolute atomic E-state index is 13.1. The standard InChI is InChI=1S/C28H28N2O5S2/c1-27-16-33-28(34-17-27,35-18-27)24(15-36-37-25-12-6-7-13-29-25)30-26(31)32-14-23-21-10-4-2-8-19(21)20-9-3-5-11-22(20)23/h2-13,23-24H,14-18H2,1H3,(H,30,31)/t24-,27?,28?/m0/s1. The van der Waals surface area contributed by atoms with E-state index < -0.39 is 18.1 Å². The first kappa shape index (κ1) is 24.8. The normalized spacial score (nSPS) is 24.8. The monoisotopic (exact) mass is 536 g/mol. The summed E-state index contributed by atoms with van der Waals surface area (Å²) in [5.74, 6) is -0.874. The van der Waals surface area contributed by atoms with Gasteiger partial charge in [0.2, 0.25) is 0 Å². The largest absolute Gasteiger partial charge is 0.449 e. The maximum atomic E-state index is 13.1. The van der Waals surface area contributed by atoms with Crippen molar-refractivity contribution in [1.29, 1.82) is 0 Å². The summed E-state index contributed by atoms with van der Waals surface area (Å²) in [7, 11) is 3.08. The smallest absolute Gasteiger partial charge is 0.407 e. The van der Waals surface area contributed by atoms with E-state index in [-0.39, 0.29) is 17.9 Å². The Balaban J connectivity index is 1.14. The van der Waals surface area contributed by atoms with Crippen LogP contribution in [0.15, 0.2) is 78.0 Å². The molecule has 0 unspecified atom stereocenters. The summed E-state index contributed by atoms with van der Waals surface area (Å²) < 4.78 is 24.0. The molecule has 3 fully saturated rings. The van der Waals surface area contributed by atoms with E-state index in [1.54, 1.807) is 17.0 Å². The summed E-state index contributed by atoms with van der Waals surface area (Å²) in [5.41, 5.74) is 4.54. The summed E-state index contributed by atoms with van der Waals surface area (Å²) in [5, 5.41) is 3.87. The lowest BCUT2D eigenvalue weighted by atomic mass is 9.91. The Hall–Kier alpha value is -2.56. The van der Waals surface area contributed by atoms with Crippen molar-refractivity contribution in [2.45, 2.75) is 29.9 Å². The summed E-state index contributed by atoms with van der Waals surface area (Å²) in [4.78, 5) is 17.5. The second kappa shape index (κ2) is 10.3. The first-order valence-corrected chi connectivity index (χ1v) is 14.6. The minimum absolute atomic E-state index is 0.0160. The van der Waals surface area contributed by atoms with Gasteiger partial charge in [0.1, 0.15) is 17.7 Å². The Morgan fingerprint density at radius 2 is 1.62 bits per heavy atom. The SMILES string of the molecule is CC12COC([C@H](CSSc3ccccn3)NC(=O)OCC3c4ccccc4-c4ccccc43)(OC1)OC2. The number of rotatable bonds is 8. The molecule has 7 nitrogen and oxygen atoms in total. The topological polar surface area (TPSA) is 78.9 Å². The predicted molar refractivity (Wildman–Crippen MR) is 143 cm³/mol. The highest BCUT2D eigenvalue weighted by Crippen LogP contribution is 2.45. The van der Waals surface area contributed by atoms with Gasteiger partial charge >= 0.3 is 12.1 Å². The van der Waals surface area contributed by atoms with Gasteiger partial charge in [-0.3, -0.25) is 0 Å². The third-order valence-electron chi connectivity index (χ3n) is 6.94. The van der Waals surface area contributed by atoms with Crippen LogP contribution in [0.4, 0.5) is 4.79 Å². The van der Waals surface area contributed by atoms with E-state index >= 15 is 0 Å². The summed E-state index contributed by atoms with van der Waals surface area (Å²) in [6, 6.07) is 21.8. The van der Waals surface area contributed by atoms with Crippen molar-refractivity contribution < 1.29 is 23.7 Å². The molecule has 0 saturated carbocycles. The molecule has 1 amide bonds. The minimum Gasteiger partial charge on any atom is -0.449 e. The average molecular weight is 537 g/mol. The molecule has 9 heteroatoms. The molecular weight excluding hydrogens is 508 g/mol. The highest BCUT2D eigenvalue weighted by atomic mass is 33.1. The van der Waals surface area contributed by atoms with E-state index in [0.717, 1.165) is 5.03 Å². The van der Waals surface area contributed by atoms with Crippen molar-refractivity contribution in [3.05, 3.63) is 84.1 Å². The van der Waals surface area contributed by atoms with Crippen molar-refractivity contribution in [2.24, 2.45) is 5.41 Å². The zero-order valence-electron chi connectivity index (χ0n) is 20.4. The number of ether oxygens (including phenoxy) is 4. The highest BCUT2D eigenvalue weighted by molar-refractivity contribution is 8.76. The van der Waals surface area contributed by atoms with Gasteiger partial charge < -0.3 is 24.3 Å². The Labute approximate surface area is 224 Å². The Morgan fingerprint density at radius 1 is 1.00 bits per heavy atom. The summed E-state index contributed by atoms with van der Waals surface area (Å²) in [6.45, 7) is 3.82. The van der Waals surface area contributed by atoms with E-state index in [1.165, 1.54) is 33.0 Å². The van der Waals surface area contributed by atoms with Crippen molar-refractivity contribution in [2.75, 3.05) is 32.2 Å². The predicted octanol–water partition coefficient (Wildman–Crippen LogP) is 5.47. The quantitative estimate of drug-likeness (QED) is 0.380. The molecule has 1 atom stereocenters. The van der Waals surface area contributed by atoms with E-state index in [0.29, 0.717) is 25.6 Å². The number of alkyl carbamates (subject to hydrolysis) is 1. The number of pyridine rings is 1. The van der Waals surface area contributed by atoms with Gasteiger partial charge in [-0.1, -0.05) is 72.3 Å². The second-order valence-electron chi connectivity index (χ2n) is 9.84. The molecule has 3 aliphatic heterocycles. The lowest BCUT2D eigenvalue weighted by molar-refractivity contribution is -0.471. The molecule has 4 heterocycles. The lowest BCUT2D eigenvalue weighted by Crippen LogP contribution is -2.68. The fourth-order valence-corrected chi connectivity index (χ4v) is 7.07. The maximum Gasteiger partial charge on any atom is 0.407 e. The summed E-state index contributed by atoms with van der Waals surface area (Å²) in [6.07, 6.45) is 1.23. The van der Waals surface area contributed by atoms with Gasteiger partial charge in [0, 0.05) is 23.3 Å². The van der Waals surface area contributed by atoms with Crippen LogP contribution in [0.5, 0.6) is 0 Å². The van der Waals surface area contributed by atoms with E-state index in [2.05, 4.69) is 41.5 Å². The van der Waals surface area contributed by atoms with Crippen molar-refractivity contribution in [3.63, 3.8) is 0 Å². The third kappa shape index (κ3) is 4.98. The van der Waals surface area contributed by atoms with E-state index in [4.69, 9.17) is 18.9 Å². The highest BCUT2D eigenvalue weighted by Gasteiger charge is 2.55. The number of amides is 1. The molecule has 0 spiro atoms. The Bertz CT molecular complexity index is 1200. The number of benzene rings is 2. The molecule has 4 aliphatic rings. The van der Waals surface area contributed by atoms with Gasteiger partial charge in [-0.25, -0.2) is 9.78 Å². The third-order valence-corrected chi connectivity index (χ3v) is 9.22. The number of aromatic nitrogens is 1. The van der Waals surface area contributed by atoms with Crippen LogP contribution >= 0.6 is 21.6 Å². The molecule has 2 bridgehead atoms. The zero-order valence-corrected chi connectivity index (χ0v) is 22.1. The number of nitrogens with zero attached hydrogens (tertiary/aromatic N) is 1. The molecular formula is C28H28N2O5S2. The molecule has 3 saturated heterocycles. The first-order chi connectivity index (χ1) is 18.1. The van der Waals surface area contributed by atoms with Crippen LogP contribution in [0.3, 0.4) is 0 Å². The number of fused-ring (bicyclic) bond motifs is 6. The van der Waals surface area contributed by atoms with Crippen LogP contribution in [0.2, 0.25) is 0 Å². The van der Waals surface area contributed by atoms with Gasteiger partial charge in [-0.2, -0.15) is 0 Å². The number of carbonyl (C=O) groups excluding carboxylic acids is 1. The first-order valence-electron chi connectivity index (χ1n) is 12.3. The van der Waals surface area contributed by atoms with Crippen LogP contribution < -0.4 is 5.32 Å². The van der Waals surface area contributed by atoms with Crippen LogP contribution in [-0.4, -0.2) is 55.3 Å². The van der Waals surface area contributed by atoms with Crippen molar-refractivity contribution in [3.8, 4) is 11.1 Å². The van der Waals surface area contributed by atoms with E-state index in [9.17, 15) is 4.79 Å². The van der Waals surface area contributed by atoms with Gasteiger partial charge in [0.25, 0.3) is 0 Å². The molecule has 7 rings (SSSR count). The van der Waals surface area contributed by atoms with E-state index in [1.807, 2.05) is 42.5 Å². The molecule has 1 N–H and O–H groups in total. The van der Waals surface area contributed by atoms with Gasteiger partial charge in [0.05, 0.1) is 19.8 Å². The van der Waals surface area contributed by atoms with Crippen LogP contribution in [0.1, 0.15) is 24.0 Å². The number of carbonyl (C=O) groups is 1. The molecule has 1 aliphatic carbocycles. The number of hydrogen-bond acceptors (Lipinski definition) is 8. The Kier molecular flexibility index (Phi) is 6.89. The fraction of sp³-hybridized carbons (Fsp3) is 0.357. The summed E-state index contributed by atoms with van der Waals surface area (Å²) >= 11 is 0. The minimum atomic E-state index is -1.33. The van der Waals surface area contributed by atoms with Crippen LogP contribution in [0.25, 0.3) is 11.1 Å². The molecule has 37 heavy (non-hydrogen) atoms. The van der Waals surface area contributed by atoms with Gasteiger partial charge in [-0.05, 0) is 45.2 Å². The molecule has 0 radical (unpaired) electrons. The molecule has 1 aromatic heterocycles. The van der Waals surface area contributed by atoms with Crippen LogP contribution in [0, 0.1) is 5.41 Å².